The van der Waals surface area contributed by atoms with E-state index in [0.717, 1.165) is 41.4 Å². The number of anilines is 1. The molecule has 0 saturated carbocycles. The zero-order valence-electron chi connectivity index (χ0n) is 16.1. The summed E-state index contributed by atoms with van der Waals surface area (Å²) in [7, 11) is 0. The largest absolute Gasteiger partial charge is 0.352 e. The molecule has 0 spiro atoms. The van der Waals surface area contributed by atoms with Crippen molar-refractivity contribution < 1.29 is 9.59 Å². The minimum absolute atomic E-state index is 0.0438. The van der Waals surface area contributed by atoms with Crippen LogP contribution in [0.1, 0.15) is 12.8 Å². The average molecular weight is 433 g/mol. The van der Waals surface area contributed by atoms with E-state index in [1.54, 1.807) is 11.8 Å². The third kappa shape index (κ3) is 6.96. The van der Waals surface area contributed by atoms with Crippen LogP contribution in [0.4, 0.5) is 10.5 Å². The van der Waals surface area contributed by atoms with Gasteiger partial charge in [-0.3, -0.25) is 9.69 Å². The van der Waals surface area contributed by atoms with E-state index in [9.17, 15) is 9.59 Å². The number of nitrogens with one attached hydrogen (secondary N) is 2. The van der Waals surface area contributed by atoms with Crippen LogP contribution >= 0.6 is 23.4 Å². The molecular weight excluding hydrogens is 408 g/mol. The average Bonchev–Trinajstić information content (AvgIpc) is 2.70. The molecule has 1 aliphatic rings. The second-order valence-electron chi connectivity index (χ2n) is 7.09. The molecule has 1 unspecified atom stereocenters. The van der Waals surface area contributed by atoms with E-state index in [0.29, 0.717) is 24.0 Å². The third-order valence-corrected chi connectivity index (χ3v) is 6.07. The molecule has 0 aliphatic carbocycles. The fourth-order valence-electron chi connectivity index (χ4n) is 3.39. The molecule has 1 heterocycles. The van der Waals surface area contributed by atoms with E-state index in [1.807, 2.05) is 48.5 Å². The minimum Gasteiger partial charge on any atom is -0.352 e. The Morgan fingerprint density at radius 3 is 2.69 bits per heavy atom. The normalized spacial score (nSPS) is 16.9. The topological polar surface area (TPSA) is 87.5 Å². The highest BCUT2D eigenvalue weighted by atomic mass is 35.5. The van der Waals surface area contributed by atoms with Crippen molar-refractivity contribution in [3.63, 3.8) is 0 Å². The minimum atomic E-state index is -0.505. The Morgan fingerprint density at radius 1 is 1.17 bits per heavy atom. The van der Waals surface area contributed by atoms with Gasteiger partial charge in [-0.1, -0.05) is 35.5 Å². The van der Waals surface area contributed by atoms with Crippen molar-refractivity contribution in [2.45, 2.75) is 22.6 Å². The number of carbonyl (C=O) groups excluding carboxylic acids is 2. The SMILES string of the molecule is NC(=O)NCC1CCCN(CC(=O)Nc2ccccc2Sc2ccc(Cl)cc2)C1. The van der Waals surface area contributed by atoms with Crippen LogP contribution < -0.4 is 16.4 Å². The summed E-state index contributed by atoms with van der Waals surface area (Å²) in [6, 6.07) is 14.9. The summed E-state index contributed by atoms with van der Waals surface area (Å²) in [5, 5.41) is 6.40. The van der Waals surface area contributed by atoms with E-state index in [4.69, 9.17) is 17.3 Å². The van der Waals surface area contributed by atoms with E-state index < -0.39 is 6.03 Å². The molecule has 1 fully saturated rings. The number of carbonyl (C=O) groups is 2. The highest BCUT2D eigenvalue weighted by Crippen LogP contribution is 2.33. The highest BCUT2D eigenvalue weighted by Gasteiger charge is 2.22. The van der Waals surface area contributed by atoms with Crippen molar-refractivity contribution in [2.75, 3.05) is 31.5 Å². The maximum atomic E-state index is 12.6. The fraction of sp³-hybridized carbons (Fsp3) is 0.333. The maximum Gasteiger partial charge on any atom is 0.312 e. The van der Waals surface area contributed by atoms with Gasteiger partial charge in [-0.25, -0.2) is 4.79 Å². The van der Waals surface area contributed by atoms with Gasteiger partial charge >= 0.3 is 6.03 Å². The first-order chi connectivity index (χ1) is 14.0. The smallest absolute Gasteiger partial charge is 0.312 e. The molecule has 0 radical (unpaired) electrons. The molecule has 1 atom stereocenters. The lowest BCUT2D eigenvalue weighted by Crippen LogP contribution is -2.44. The van der Waals surface area contributed by atoms with Crippen molar-refractivity contribution >= 4 is 41.0 Å². The van der Waals surface area contributed by atoms with Gasteiger partial charge in [0, 0.05) is 27.9 Å². The first-order valence-electron chi connectivity index (χ1n) is 9.57. The lowest BCUT2D eigenvalue weighted by molar-refractivity contribution is -0.117. The van der Waals surface area contributed by atoms with Crippen molar-refractivity contribution in [3.8, 4) is 0 Å². The summed E-state index contributed by atoms with van der Waals surface area (Å²) in [4.78, 5) is 27.7. The van der Waals surface area contributed by atoms with Crippen LogP contribution in [0.15, 0.2) is 58.3 Å². The Balaban J connectivity index is 1.56. The van der Waals surface area contributed by atoms with Gasteiger partial charge in [0.2, 0.25) is 5.91 Å². The van der Waals surface area contributed by atoms with Crippen LogP contribution in [0, 0.1) is 5.92 Å². The molecular formula is C21H25ClN4O2S. The molecule has 1 aliphatic heterocycles. The summed E-state index contributed by atoms with van der Waals surface area (Å²) >= 11 is 7.54. The number of nitrogens with two attached hydrogens (primary N) is 1. The number of benzene rings is 2. The van der Waals surface area contributed by atoms with Gasteiger partial charge in [0.15, 0.2) is 0 Å². The zero-order chi connectivity index (χ0) is 20.6. The van der Waals surface area contributed by atoms with Gasteiger partial charge in [-0.05, 0) is 61.7 Å². The molecule has 1 saturated heterocycles. The Bertz CT molecular complexity index is 847. The number of amides is 3. The number of likely N-dealkylation sites (tertiary alicyclic amines) is 1. The van der Waals surface area contributed by atoms with Gasteiger partial charge in [0.05, 0.1) is 12.2 Å². The van der Waals surface area contributed by atoms with Crippen LogP contribution in [0.2, 0.25) is 5.02 Å². The molecule has 2 aromatic rings. The van der Waals surface area contributed by atoms with Gasteiger partial charge in [-0.2, -0.15) is 0 Å². The molecule has 4 N–H and O–H groups in total. The first-order valence-corrected chi connectivity index (χ1v) is 10.8. The van der Waals surface area contributed by atoms with Crippen LogP contribution in [0.3, 0.4) is 0 Å². The van der Waals surface area contributed by atoms with Crippen molar-refractivity contribution in [1.29, 1.82) is 0 Å². The number of rotatable bonds is 7. The second kappa shape index (κ2) is 10.5. The number of hydrogen-bond donors (Lipinski definition) is 3. The van der Waals surface area contributed by atoms with Crippen LogP contribution in [-0.2, 0) is 4.79 Å². The summed E-state index contributed by atoms with van der Waals surface area (Å²) in [5.74, 6) is 0.273. The number of para-hydroxylation sites is 1. The van der Waals surface area contributed by atoms with Crippen LogP contribution in [0.25, 0.3) is 0 Å². The summed E-state index contributed by atoms with van der Waals surface area (Å²) in [5.41, 5.74) is 5.94. The van der Waals surface area contributed by atoms with Crippen molar-refractivity contribution in [2.24, 2.45) is 11.7 Å². The Morgan fingerprint density at radius 2 is 1.93 bits per heavy atom. The number of piperidine rings is 1. The zero-order valence-corrected chi connectivity index (χ0v) is 17.6. The predicted molar refractivity (Wildman–Crippen MR) is 117 cm³/mol. The second-order valence-corrected chi connectivity index (χ2v) is 8.64. The summed E-state index contributed by atoms with van der Waals surface area (Å²) < 4.78 is 0. The van der Waals surface area contributed by atoms with Crippen molar-refractivity contribution in [3.05, 3.63) is 53.6 Å². The fourth-order valence-corrected chi connectivity index (χ4v) is 4.42. The number of primary amides is 1. The molecule has 3 rings (SSSR count). The lowest BCUT2D eigenvalue weighted by atomic mass is 9.98. The van der Waals surface area contributed by atoms with E-state index in [-0.39, 0.29) is 5.91 Å². The highest BCUT2D eigenvalue weighted by molar-refractivity contribution is 7.99. The molecule has 3 amide bonds. The monoisotopic (exact) mass is 432 g/mol. The molecule has 29 heavy (non-hydrogen) atoms. The molecule has 8 heteroatoms. The van der Waals surface area contributed by atoms with Gasteiger partial charge in [0.1, 0.15) is 0 Å². The third-order valence-electron chi connectivity index (χ3n) is 4.74. The van der Waals surface area contributed by atoms with E-state index in [2.05, 4.69) is 15.5 Å². The van der Waals surface area contributed by atoms with Gasteiger partial charge < -0.3 is 16.4 Å². The maximum absolute atomic E-state index is 12.6. The Kier molecular flexibility index (Phi) is 7.80. The molecule has 6 nitrogen and oxygen atoms in total. The molecule has 0 aromatic heterocycles. The number of hydrogen-bond acceptors (Lipinski definition) is 4. The van der Waals surface area contributed by atoms with Crippen LogP contribution in [-0.4, -0.2) is 43.0 Å². The van der Waals surface area contributed by atoms with Gasteiger partial charge in [0.25, 0.3) is 0 Å². The molecule has 2 aromatic carbocycles. The quantitative estimate of drug-likeness (QED) is 0.620. The van der Waals surface area contributed by atoms with E-state index in [1.165, 1.54) is 0 Å². The summed E-state index contributed by atoms with van der Waals surface area (Å²) in [6.45, 7) is 2.53. The number of halogens is 1. The van der Waals surface area contributed by atoms with E-state index >= 15 is 0 Å². The Labute approximate surface area is 180 Å². The van der Waals surface area contributed by atoms with Gasteiger partial charge in [-0.15, -0.1) is 0 Å². The number of urea groups is 1. The molecule has 0 bridgehead atoms. The number of nitrogens with zero attached hydrogens (tertiary/aromatic N) is 1. The summed E-state index contributed by atoms with van der Waals surface area (Å²) in [6.07, 6.45) is 2.03. The van der Waals surface area contributed by atoms with Crippen molar-refractivity contribution in [1.82, 2.24) is 10.2 Å². The molecule has 154 valence electrons. The lowest BCUT2D eigenvalue weighted by Gasteiger charge is -2.32. The Hall–Kier alpha value is -2.22. The first kappa shape index (κ1) is 21.5. The predicted octanol–water partition coefficient (Wildman–Crippen LogP) is 3.81. The standard InChI is InChI=1S/C21H25ClN4O2S/c22-16-7-9-17(10-8-16)29-19-6-2-1-5-18(19)25-20(27)14-26-11-3-4-15(13-26)12-24-21(23)28/h1-2,5-10,15H,3-4,11-14H2,(H,25,27)(H3,23,24,28). The van der Waals surface area contributed by atoms with Crippen LogP contribution in [0.5, 0.6) is 0 Å².